The number of nitrogens with zero attached hydrogens (tertiary/aromatic N) is 2. The number of carbonyl (C=O) groups is 1. The fourth-order valence-corrected chi connectivity index (χ4v) is 4.39. The molecule has 5 rings (SSSR count). The Balaban J connectivity index is 1.53. The normalized spacial score (nSPS) is 20.8. The number of fused-ring (bicyclic) bond motifs is 2. The number of hydrazine groups is 1. The average molecular weight is 412 g/mol. The number of ether oxygens (including phenoxy) is 2. The molecule has 2 aromatic rings. The second-order valence-electron chi connectivity index (χ2n) is 7.26. The van der Waals surface area contributed by atoms with Crippen LogP contribution in [0.15, 0.2) is 36.4 Å². The number of morpholine rings is 1. The molecule has 1 saturated heterocycles. The molecule has 0 spiro atoms. The van der Waals surface area contributed by atoms with Crippen molar-refractivity contribution >= 4 is 40.2 Å². The van der Waals surface area contributed by atoms with Crippen LogP contribution in [0.1, 0.15) is 23.6 Å². The molecule has 2 aromatic carbocycles. The largest absolute Gasteiger partial charge is 0.487 e. The van der Waals surface area contributed by atoms with Crippen molar-refractivity contribution in [2.24, 2.45) is 0 Å². The number of halogens is 1. The predicted molar refractivity (Wildman–Crippen MR) is 114 cm³/mol. The summed E-state index contributed by atoms with van der Waals surface area (Å²) in [5, 5.41) is 8.10. The van der Waals surface area contributed by atoms with Gasteiger partial charge < -0.3 is 19.8 Å². The molecule has 1 fully saturated rings. The van der Waals surface area contributed by atoms with Gasteiger partial charge in [0.25, 0.3) is 5.91 Å². The van der Waals surface area contributed by atoms with E-state index in [1.807, 2.05) is 12.1 Å². The van der Waals surface area contributed by atoms with Crippen molar-refractivity contribution in [2.75, 3.05) is 43.2 Å². The zero-order valence-electron chi connectivity index (χ0n) is 16.2. The number of anilines is 2. The molecule has 6 nitrogen and oxygen atoms in total. The van der Waals surface area contributed by atoms with E-state index in [1.165, 1.54) is 0 Å². The first-order chi connectivity index (χ1) is 14.2. The number of amides is 1. The van der Waals surface area contributed by atoms with Crippen molar-refractivity contribution in [3.63, 3.8) is 0 Å². The molecule has 0 unspecified atom stereocenters. The third-order valence-corrected chi connectivity index (χ3v) is 5.82. The van der Waals surface area contributed by atoms with Gasteiger partial charge in [-0.25, -0.2) is 5.01 Å². The van der Waals surface area contributed by atoms with Crippen LogP contribution in [0, 0.1) is 0 Å². The standard InChI is InChI=1S/C22H22ClN3O3/c1-2-26(25-7-9-28-10-8-25)16-4-5-17-14(11-16)13-29-21(17)20-18-12-15(23)3-6-19(18)24-22(20)27/h3-6,11-12H,2,7-10,13H2,1H3,(H,24,27). The number of hydrogen-bond donors (Lipinski definition) is 1. The number of carbonyl (C=O) groups excluding carboxylic acids is 1. The highest BCUT2D eigenvalue weighted by atomic mass is 35.5. The Kier molecular flexibility index (Phi) is 4.70. The van der Waals surface area contributed by atoms with Gasteiger partial charge in [-0.2, -0.15) is 0 Å². The van der Waals surface area contributed by atoms with Crippen LogP contribution in [-0.4, -0.2) is 43.8 Å². The summed E-state index contributed by atoms with van der Waals surface area (Å²) in [6, 6.07) is 11.7. The van der Waals surface area contributed by atoms with E-state index in [9.17, 15) is 4.79 Å². The zero-order valence-corrected chi connectivity index (χ0v) is 17.0. The molecule has 29 heavy (non-hydrogen) atoms. The molecule has 0 saturated carbocycles. The maximum absolute atomic E-state index is 12.6. The van der Waals surface area contributed by atoms with Crippen LogP contribution in [0.3, 0.4) is 0 Å². The van der Waals surface area contributed by atoms with Crippen LogP contribution in [0.25, 0.3) is 11.3 Å². The summed E-state index contributed by atoms with van der Waals surface area (Å²) < 4.78 is 11.5. The van der Waals surface area contributed by atoms with E-state index >= 15 is 0 Å². The van der Waals surface area contributed by atoms with Crippen molar-refractivity contribution in [1.82, 2.24) is 5.01 Å². The lowest BCUT2D eigenvalue weighted by Gasteiger charge is -2.38. The first-order valence-corrected chi connectivity index (χ1v) is 10.3. The molecule has 0 aliphatic carbocycles. The van der Waals surface area contributed by atoms with Gasteiger partial charge in [0, 0.05) is 47.0 Å². The molecule has 0 radical (unpaired) electrons. The number of benzene rings is 2. The van der Waals surface area contributed by atoms with E-state index in [0.717, 1.165) is 60.9 Å². The average Bonchev–Trinajstić information content (AvgIpc) is 3.28. The molecule has 0 atom stereocenters. The second-order valence-corrected chi connectivity index (χ2v) is 7.70. The lowest BCUT2D eigenvalue weighted by atomic mass is 10.00. The SMILES string of the molecule is CCN(c1ccc2c(c1)COC2=C1C(=O)Nc2ccc(Cl)cc21)N1CCOCC1. The molecule has 3 heterocycles. The van der Waals surface area contributed by atoms with Crippen molar-refractivity contribution in [3.8, 4) is 0 Å². The summed E-state index contributed by atoms with van der Waals surface area (Å²) in [7, 11) is 0. The molecule has 1 amide bonds. The zero-order chi connectivity index (χ0) is 20.0. The summed E-state index contributed by atoms with van der Waals surface area (Å²) in [6.45, 7) is 6.74. The molecule has 3 aliphatic heterocycles. The van der Waals surface area contributed by atoms with Crippen molar-refractivity contribution in [3.05, 3.63) is 58.1 Å². The molecule has 0 bridgehead atoms. The Morgan fingerprint density at radius 1 is 1.14 bits per heavy atom. The van der Waals surface area contributed by atoms with E-state index in [0.29, 0.717) is 23.0 Å². The maximum atomic E-state index is 12.6. The Labute approximate surface area is 174 Å². The molecule has 3 aliphatic rings. The van der Waals surface area contributed by atoms with Gasteiger partial charge in [0.15, 0.2) is 0 Å². The van der Waals surface area contributed by atoms with Gasteiger partial charge in [-0.3, -0.25) is 4.79 Å². The number of rotatable bonds is 3. The van der Waals surface area contributed by atoms with Crippen LogP contribution in [0.2, 0.25) is 5.02 Å². The van der Waals surface area contributed by atoms with Gasteiger partial charge in [0.1, 0.15) is 12.4 Å². The molecule has 0 aromatic heterocycles. The maximum Gasteiger partial charge on any atom is 0.260 e. The third kappa shape index (κ3) is 3.17. The fraction of sp³-hybridized carbons (Fsp3) is 0.318. The van der Waals surface area contributed by atoms with Crippen LogP contribution in [-0.2, 0) is 20.9 Å². The third-order valence-electron chi connectivity index (χ3n) is 5.59. The summed E-state index contributed by atoms with van der Waals surface area (Å²) in [5.41, 5.74) is 5.28. The van der Waals surface area contributed by atoms with Crippen molar-refractivity contribution < 1.29 is 14.3 Å². The Morgan fingerprint density at radius 3 is 2.76 bits per heavy atom. The van der Waals surface area contributed by atoms with Gasteiger partial charge in [0.05, 0.1) is 24.5 Å². The lowest BCUT2D eigenvalue weighted by molar-refractivity contribution is -0.110. The predicted octanol–water partition coefficient (Wildman–Crippen LogP) is 3.76. The molecule has 7 heteroatoms. The van der Waals surface area contributed by atoms with E-state index < -0.39 is 0 Å². The van der Waals surface area contributed by atoms with Crippen LogP contribution < -0.4 is 10.3 Å². The summed E-state index contributed by atoms with van der Waals surface area (Å²) in [6.07, 6.45) is 0. The fourth-order valence-electron chi connectivity index (χ4n) is 4.22. The highest BCUT2D eigenvalue weighted by molar-refractivity contribution is 6.38. The smallest absolute Gasteiger partial charge is 0.260 e. The van der Waals surface area contributed by atoms with E-state index in [-0.39, 0.29) is 5.91 Å². The van der Waals surface area contributed by atoms with Crippen molar-refractivity contribution in [2.45, 2.75) is 13.5 Å². The molecule has 1 N–H and O–H groups in total. The lowest BCUT2D eigenvalue weighted by Crippen LogP contribution is -2.49. The van der Waals surface area contributed by atoms with E-state index in [1.54, 1.807) is 6.07 Å². The minimum atomic E-state index is -0.155. The summed E-state index contributed by atoms with van der Waals surface area (Å²) >= 11 is 6.17. The van der Waals surface area contributed by atoms with Gasteiger partial charge in [-0.05, 0) is 43.3 Å². The van der Waals surface area contributed by atoms with E-state index in [2.05, 4.69) is 40.5 Å². The second kappa shape index (κ2) is 7.37. The van der Waals surface area contributed by atoms with Crippen molar-refractivity contribution in [1.29, 1.82) is 0 Å². The summed E-state index contributed by atoms with van der Waals surface area (Å²) in [4.78, 5) is 12.6. The van der Waals surface area contributed by atoms with Crippen LogP contribution in [0.4, 0.5) is 11.4 Å². The Bertz CT molecular complexity index is 1010. The Morgan fingerprint density at radius 2 is 1.97 bits per heavy atom. The quantitative estimate of drug-likeness (QED) is 0.779. The van der Waals surface area contributed by atoms with Crippen LogP contribution in [0.5, 0.6) is 0 Å². The monoisotopic (exact) mass is 411 g/mol. The van der Waals surface area contributed by atoms with Crippen LogP contribution >= 0.6 is 11.6 Å². The molecule has 150 valence electrons. The minimum absolute atomic E-state index is 0.155. The van der Waals surface area contributed by atoms with Gasteiger partial charge >= 0.3 is 0 Å². The Hall–Kier alpha value is -2.54. The highest BCUT2D eigenvalue weighted by Gasteiger charge is 2.33. The van der Waals surface area contributed by atoms with Gasteiger partial charge in [-0.15, -0.1) is 0 Å². The minimum Gasteiger partial charge on any atom is -0.487 e. The summed E-state index contributed by atoms with van der Waals surface area (Å²) in [5.74, 6) is 0.470. The molecular weight excluding hydrogens is 390 g/mol. The number of hydrogen-bond acceptors (Lipinski definition) is 5. The van der Waals surface area contributed by atoms with Gasteiger partial charge in [-0.1, -0.05) is 11.6 Å². The van der Waals surface area contributed by atoms with E-state index in [4.69, 9.17) is 21.1 Å². The topological polar surface area (TPSA) is 54.0 Å². The number of nitrogens with one attached hydrogen (secondary N) is 1. The first kappa shape index (κ1) is 18.5. The first-order valence-electron chi connectivity index (χ1n) is 9.87. The highest BCUT2D eigenvalue weighted by Crippen LogP contribution is 2.43. The van der Waals surface area contributed by atoms with Gasteiger partial charge in [0.2, 0.25) is 0 Å². The molecular formula is C22H22ClN3O3.